The van der Waals surface area contributed by atoms with Crippen LogP contribution in [0.2, 0.25) is 0 Å². The van der Waals surface area contributed by atoms with Crippen LogP contribution in [0.25, 0.3) is 0 Å². The van der Waals surface area contributed by atoms with Gasteiger partial charge in [0.15, 0.2) is 0 Å². The molecule has 0 saturated heterocycles. The molecule has 0 spiro atoms. The van der Waals surface area contributed by atoms with Crippen molar-refractivity contribution in [2.45, 2.75) is 161 Å². The van der Waals surface area contributed by atoms with E-state index in [-0.39, 0.29) is 25.5 Å². The number of aliphatic hydroxyl groups excluding tert-OH is 2. The molecule has 0 aromatic carbocycles. The third-order valence-corrected chi connectivity index (χ3v) is 9.55. The summed E-state index contributed by atoms with van der Waals surface area (Å²) in [5, 5.41) is 23.8. The maximum Gasteiger partial charge on any atom is 0.472 e. The smallest absolute Gasteiger partial charge is 0.389 e. The second-order valence-electron chi connectivity index (χ2n) is 14.9. The molecule has 302 valence electrons. The van der Waals surface area contributed by atoms with E-state index in [2.05, 4.69) is 25.2 Å². The Balaban J connectivity index is 4.68. The summed E-state index contributed by atoms with van der Waals surface area (Å²) < 4.78 is 23.4. The molecule has 9 nitrogen and oxygen atoms in total. The number of likely N-dealkylation sites (N-methyl/N-ethyl adjacent to an activating group) is 1. The van der Waals surface area contributed by atoms with Crippen LogP contribution in [0.1, 0.15) is 142 Å². The summed E-state index contributed by atoms with van der Waals surface area (Å²) in [7, 11) is 1.49. The number of quaternary nitrogens is 1. The molecule has 1 unspecified atom stereocenters. The van der Waals surface area contributed by atoms with Gasteiger partial charge in [-0.25, -0.2) is 4.57 Å². The number of hydrogen-bond acceptors (Lipinski definition) is 6. The van der Waals surface area contributed by atoms with Crippen LogP contribution in [-0.2, 0) is 18.4 Å². The SMILES string of the molecule is CCCCC/C=C\C=C/[C@H](O)C/C=C\C/C=C/CCCC(=O)N[C@@H](COP(=O)(O)OCC[N+](C)(C)C)[C@H](O)/C=C/CCCCCCCCCCCC. The van der Waals surface area contributed by atoms with E-state index in [0.29, 0.717) is 30.3 Å². The van der Waals surface area contributed by atoms with Crippen LogP contribution in [0, 0.1) is 0 Å². The molecule has 0 rings (SSSR count). The largest absolute Gasteiger partial charge is 0.472 e. The first-order chi connectivity index (χ1) is 24.9. The summed E-state index contributed by atoms with van der Waals surface area (Å²) >= 11 is 0. The van der Waals surface area contributed by atoms with Gasteiger partial charge in [0.25, 0.3) is 0 Å². The van der Waals surface area contributed by atoms with Crippen LogP contribution in [0.4, 0.5) is 0 Å². The molecule has 0 saturated carbocycles. The number of aliphatic hydroxyl groups is 2. The van der Waals surface area contributed by atoms with Gasteiger partial charge in [-0.15, -0.1) is 0 Å². The van der Waals surface area contributed by atoms with Gasteiger partial charge in [-0.1, -0.05) is 145 Å². The van der Waals surface area contributed by atoms with Crippen molar-refractivity contribution in [2.75, 3.05) is 40.9 Å². The lowest BCUT2D eigenvalue weighted by Gasteiger charge is -2.25. The second-order valence-corrected chi connectivity index (χ2v) is 16.3. The number of nitrogens with zero attached hydrogens (tertiary/aromatic N) is 1. The number of phosphoric ester groups is 1. The molecule has 0 fully saturated rings. The van der Waals surface area contributed by atoms with E-state index < -0.39 is 26.1 Å². The summed E-state index contributed by atoms with van der Waals surface area (Å²) in [4.78, 5) is 23.0. The quantitative estimate of drug-likeness (QED) is 0.0167. The first-order valence-corrected chi connectivity index (χ1v) is 21.8. The zero-order valence-electron chi connectivity index (χ0n) is 33.6. The first-order valence-electron chi connectivity index (χ1n) is 20.3. The highest BCUT2D eigenvalue weighted by atomic mass is 31.2. The topological polar surface area (TPSA) is 125 Å². The van der Waals surface area contributed by atoms with Crippen LogP contribution in [0.3, 0.4) is 0 Å². The van der Waals surface area contributed by atoms with Gasteiger partial charge in [0.05, 0.1) is 46.0 Å². The van der Waals surface area contributed by atoms with E-state index in [0.717, 1.165) is 32.1 Å². The lowest BCUT2D eigenvalue weighted by atomic mass is 10.1. The Morgan fingerprint density at radius 1 is 0.712 bits per heavy atom. The van der Waals surface area contributed by atoms with E-state index in [1.54, 1.807) is 12.2 Å². The Labute approximate surface area is 318 Å². The summed E-state index contributed by atoms with van der Waals surface area (Å²) in [5.74, 6) is -0.263. The molecule has 0 heterocycles. The number of phosphoric acid groups is 1. The van der Waals surface area contributed by atoms with Crippen LogP contribution in [-0.4, -0.2) is 84.6 Å². The lowest BCUT2D eigenvalue weighted by molar-refractivity contribution is -0.870. The van der Waals surface area contributed by atoms with E-state index in [1.807, 2.05) is 63.7 Å². The number of rotatable bonds is 35. The average molecular weight is 754 g/mol. The van der Waals surface area contributed by atoms with Crippen molar-refractivity contribution in [3.8, 4) is 0 Å². The van der Waals surface area contributed by atoms with Gasteiger partial charge in [-0.2, -0.15) is 0 Å². The fourth-order valence-electron chi connectivity index (χ4n) is 5.23. The van der Waals surface area contributed by atoms with Crippen LogP contribution >= 0.6 is 7.82 Å². The summed E-state index contributed by atoms with van der Waals surface area (Å²) in [6.45, 7) is 4.62. The van der Waals surface area contributed by atoms with E-state index >= 15 is 0 Å². The van der Waals surface area contributed by atoms with Crippen molar-refractivity contribution in [3.05, 3.63) is 60.8 Å². The molecular weight excluding hydrogens is 675 g/mol. The molecule has 4 atom stereocenters. The molecule has 0 aliphatic heterocycles. The van der Waals surface area contributed by atoms with Crippen molar-refractivity contribution < 1.29 is 38.0 Å². The number of allylic oxidation sites excluding steroid dienone is 7. The molecule has 0 radical (unpaired) electrons. The van der Waals surface area contributed by atoms with E-state index in [1.165, 1.54) is 70.6 Å². The van der Waals surface area contributed by atoms with Crippen LogP contribution in [0.5, 0.6) is 0 Å². The molecule has 10 heteroatoms. The molecule has 4 N–H and O–H groups in total. The third-order valence-electron chi connectivity index (χ3n) is 8.56. The van der Waals surface area contributed by atoms with Gasteiger partial charge in [-0.05, 0) is 51.4 Å². The predicted molar refractivity (Wildman–Crippen MR) is 218 cm³/mol. The maximum absolute atomic E-state index is 12.8. The van der Waals surface area contributed by atoms with Gasteiger partial charge in [0.2, 0.25) is 5.91 Å². The summed E-state index contributed by atoms with van der Waals surface area (Å²) in [6.07, 6.45) is 38.8. The Kier molecular flexibility index (Phi) is 32.5. The fraction of sp³-hybridized carbons (Fsp3) is 0.738. The van der Waals surface area contributed by atoms with Crippen LogP contribution in [0.15, 0.2) is 60.8 Å². The molecule has 0 aromatic rings. The van der Waals surface area contributed by atoms with Crippen molar-refractivity contribution in [1.82, 2.24) is 5.32 Å². The van der Waals surface area contributed by atoms with Gasteiger partial charge in [0, 0.05) is 6.42 Å². The Hall–Kier alpha value is -1.84. The lowest BCUT2D eigenvalue weighted by Crippen LogP contribution is -2.45. The van der Waals surface area contributed by atoms with E-state index in [4.69, 9.17) is 9.05 Å². The van der Waals surface area contributed by atoms with Crippen LogP contribution < -0.4 is 5.32 Å². The molecule has 0 aliphatic rings. The zero-order valence-corrected chi connectivity index (χ0v) is 34.5. The molecule has 1 amide bonds. The predicted octanol–water partition coefficient (Wildman–Crippen LogP) is 9.66. The Morgan fingerprint density at radius 2 is 1.29 bits per heavy atom. The Morgan fingerprint density at radius 3 is 1.96 bits per heavy atom. The van der Waals surface area contributed by atoms with Gasteiger partial charge in [-0.3, -0.25) is 13.8 Å². The van der Waals surface area contributed by atoms with Crippen molar-refractivity contribution in [1.29, 1.82) is 0 Å². The fourth-order valence-corrected chi connectivity index (χ4v) is 5.96. The number of unbranched alkanes of at least 4 members (excludes halogenated alkanes) is 14. The minimum absolute atomic E-state index is 0.0371. The highest BCUT2D eigenvalue weighted by molar-refractivity contribution is 7.47. The highest BCUT2D eigenvalue weighted by Gasteiger charge is 2.27. The summed E-state index contributed by atoms with van der Waals surface area (Å²) in [6, 6.07) is -0.897. The minimum Gasteiger partial charge on any atom is -0.389 e. The second kappa shape index (κ2) is 33.7. The first kappa shape index (κ1) is 50.2. The number of nitrogens with one attached hydrogen (secondary N) is 1. The maximum atomic E-state index is 12.8. The van der Waals surface area contributed by atoms with Gasteiger partial charge >= 0.3 is 7.82 Å². The number of carbonyl (C=O) groups is 1. The van der Waals surface area contributed by atoms with Gasteiger partial charge in [0.1, 0.15) is 13.2 Å². The van der Waals surface area contributed by atoms with Crippen molar-refractivity contribution in [2.24, 2.45) is 0 Å². The molecule has 0 aromatic heterocycles. The Bertz CT molecular complexity index is 1050. The van der Waals surface area contributed by atoms with Gasteiger partial charge < -0.3 is 24.9 Å². The standard InChI is InChI=1S/C42H77N2O7P/c1-6-8-10-12-14-15-16-17-18-22-26-30-34-41(46)40(38-51-52(48,49)50-37-36-44(3,4)5)43-42(47)35-31-27-23-19-21-25-29-33-39(45)32-28-24-20-13-11-9-7-2/h19-20,23-25,28-30,32,34,39-41,45-46H,6-18,21-22,26-27,31,33,35-38H2,1-5H3,(H-,43,47,48,49)/p+1/b23-19+,24-20-,29-25-,32-28-,34-30+/t39-,40-,41+/m0/s1. The number of amides is 1. The van der Waals surface area contributed by atoms with Crippen molar-refractivity contribution >= 4 is 13.7 Å². The molecule has 52 heavy (non-hydrogen) atoms. The minimum atomic E-state index is -4.36. The average Bonchev–Trinajstić information content (AvgIpc) is 3.08. The third kappa shape index (κ3) is 35.2. The number of hydrogen-bond donors (Lipinski definition) is 4. The monoisotopic (exact) mass is 754 g/mol. The zero-order chi connectivity index (χ0) is 38.8. The molecule has 0 bridgehead atoms. The van der Waals surface area contributed by atoms with E-state index in [9.17, 15) is 24.5 Å². The van der Waals surface area contributed by atoms with Crippen molar-refractivity contribution in [3.63, 3.8) is 0 Å². The normalized spacial score (nSPS) is 15.8. The highest BCUT2D eigenvalue weighted by Crippen LogP contribution is 2.43. The summed E-state index contributed by atoms with van der Waals surface area (Å²) in [5.41, 5.74) is 0. The molecular formula is C42H78N2O7P+. The molecule has 0 aliphatic carbocycles. The number of carbonyl (C=O) groups excluding carboxylic acids is 1.